The van der Waals surface area contributed by atoms with E-state index in [-0.39, 0.29) is 11.8 Å². The Balaban J connectivity index is 1.97. The van der Waals surface area contributed by atoms with Crippen molar-refractivity contribution in [3.05, 3.63) is 30.3 Å². The summed E-state index contributed by atoms with van der Waals surface area (Å²) < 4.78 is 5.48. The quantitative estimate of drug-likeness (QED) is 0.649. The number of fused-ring (bicyclic) bond motifs is 1. The molecule has 0 unspecified atom stereocenters. The summed E-state index contributed by atoms with van der Waals surface area (Å²) >= 11 is 1.14. The second kappa shape index (κ2) is 3.74. The Bertz CT molecular complexity index is 641. The van der Waals surface area contributed by atoms with E-state index >= 15 is 0 Å². The molecule has 5 nitrogen and oxygen atoms in total. The lowest BCUT2D eigenvalue weighted by atomic mass is 10.3. The van der Waals surface area contributed by atoms with Crippen LogP contribution >= 0.6 is 11.8 Å². The topological polar surface area (TPSA) is 82.3 Å². The molecule has 2 aromatic heterocycles. The smallest absolute Gasteiger partial charge is 0.261 e. The molecule has 0 saturated carbocycles. The van der Waals surface area contributed by atoms with Gasteiger partial charge in [-0.25, -0.2) is 4.98 Å². The molecular weight excluding hydrogens is 240 g/mol. The van der Waals surface area contributed by atoms with Gasteiger partial charge in [0.05, 0.1) is 4.90 Å². The average molecular weight is 248 g/mol. The normalized spacial score (nSPS) is 11.1. The fourth-order valence-electron chi connectivity index (χ4n) is 1.48. The molecule has 0 amide bonds. The predicted molar refractivity (Wildman–Crippen MR) is 62.3 cm³/mol. The molecule has 17 heavy (non-hydrogen) atoms. The molecule has 0 bridgehead atoms. The number of oxazole rings is 1. The van der Waals surface area contributed by atoms with Crippen LogP contribution in [0.15, 0.2) is 44.9 Å². The van der Waals surface area contributed by atoms with Crippen LogP contribution in [0.3, 0.4) is 0 Å². The maximum Gasteiger partial charge on any atom is 0.261 e. The second-order valence-electron chi connectivity index (χ2n) is 3.42. The minimum Gasteiger partial charge on any atom is -0.494 e. The summed E-state index contributed by atoms with van der Waals surface area (Å²) in [7, 11) is 0. The molecule has 0 fully saturated rings. The monoisotopic (exact) mass is 248 g/mol. The van der Waals surface area contributed by atoms with Crippen molar-refractivity contribution in [2.45, 2.75) is 10.1 Å². The minimum absolute atomic E-state index is 0.0962. The van der Waals surface area contributed by atoms with Crippen LogP contribution in [0.25, 0.3) is 11.1 Å². The molecule has 0 atom stereocenters. The maximum absolute atomic E-state index is 9.46. The summed E-state index contributed by atoms with van der Waals surface area (Å²) in [4.78, 5) is 7.10. The second-order valence-corrected chi connectivity index (χ2v) is 4.41. The van der Waals surface area contributed by atoms with Crippen LogP contribution in [0.1, 0.15) is 0 Å². The molecule has 6 heteroatoms. The standard InChI is InChI=1S/C11H8N2O3S/c14-9-5-8(10(15)13-9)17-11-12-6-3-1-2-4-7(6)16-11/h1-5,13-15H. The molecule has 3 N–H and O–H groups in total. The third-order valence-corrected chi connectivity index (χ3v) is 3.10. The highest BCUT2D eigenvalue weighted by molar-refractivity contribution is 7.99. The van der Waals surface area contributed by atoms with Crippen LogP contribution in [-0.4, -0.2) is 20.2 Å². The lowest BCUT2D eigenvalue weighted by Crippen LogP contribution is -1.70. The number of rotatable bonds is 2. The molecule has 0 saturated heterocycles. The first-order valence-electron chi connectivity index (χ1n) is 4.87. The van der Waals surface area contributed by atoms with Gasteiger partial charge in [0.2, 0.25) is 5.88 Å². The summed E-state index contributed by atoms with van der Waals surface area (Å²) in [5.41, 5.74) is 1.45. The summed E-state index contributed by atoms with van der Waals surface area (Å²) in [6.07, 6.45) is 0. The number of hydrogen-bond acceptors (Lipinski definition) is 5. The minimum atomic E-state index is -0.102. The van der Waals surface area contributed by atoms with Crippen molar-refractivity contribution >= 4 is 22.9 Å². The molecule has 0 aliphatic carbocycles. The van der Waals surface area contributed by atoms with E-state index in [2.05, 4.69) is 9.97 Å². The number of hydrogen-bond donors (Lipinski definition) is 3. The van der Waals surface area contributed by atoms with Crippen molar-refractivity contribution in [1.29, 1.82) is 0 Å². The third-order valence-electron chi connectivity index (χ3n) is 2.22. The van der Waals surface area contributed by atoms with Crippen molar-refractivity contribution < 1.29 is 14.6 Å². The van der Waals surface area contributed by atoms with Crippen LogP contribution < -0.4 is 0 Å². The Morgan fingerprint density at radius 3 is 2.76 bits per heavy atom. The van der Waals surface area contributed by atoms with Crippen molar-refractivity contribution in [2.75, 3.05) is 0 Å². The van der Waals surface area contributed by atoms with Gasteiger partial charge in [-0.1, -0.05) is 12.1 Å². The van der Waals surface area contributed by atoms with E-state index in [4.69, 9.17) is 4.42 Å². The lowest BCUT2D eigenvalue weighted by molar-refractivity contribution is 0.420. The van der Waals surface area contributed by atoms with Gasteiger partial charge in [0.1, 0.15) is 5.52 Å². The highest BCUT2D eigenvalue weighted by Crippen LogP contribution is 2.37. The van der Waals surface area contributed by atoms with E-state index in [9.17, 15) is 10.2 Å². The first-order chi connectivity index (χ1) is 8.22. The number of H-pyrrole nitrogens is 1. The maximum atomic E-state index is 9.46. The Kier molecular flexibility index (Phi) is 2.22. The summed E-state index contributed by atoms with van der Waals surface area (Å²) in [6, 6.07) is 8.81. The molecule has 0 radical (unpaired) electrons. The number of para-hydroxylation sites is 2. The average Bonchev–Trinajstić information content (AvgIpc) is 2.82. The molecule has 1 aromatic carbocycles. The highest BCUT2D eigenvalue weighted by Gasteiger charge is 2.12. The van der Waals surface area contributed by atoms with Crippen molar-refractivity contribution in [3.63, 3.8) is 0 Å². The molecule has 86 valence electrons. The van der Waals surface area contributed by atoms with Gasteiger partial charge in [-0.3, -0.25) is 4.98 Å². The SMILES string of the molecule is Oc1cc(Sc2nc3ccccc3o2)c(O)[nH]1. The molecule has 2 heterocycles. The fourth-order valence-corrected chi connectivity index (χ4v) is 2.26. The zero-order valence-corrected chi connectivity index (χ0v) is 9.36. The van der Waals surface area contributed by atoms with Crippen molar-refractivity contribution in [3.8, 4) is 11.8 Å². The van der Waals surface area contributed by atoms with Gasteiger partial charge in [-0.15, -0.1) is 0 Å². The summed E-state index contributed by atoms with van der Waals surface area (Å²) in [5, 5.41) is 19.1. The van der Waals surface area contributed by atoms with E-state index in [1.54, 1.807) is 0 Å². The van der Waals surface area contributed by atoms with Gasteiger partial charge >= 0.3 is 0 Å². The number of aromatic nitrogens is 2. The van der Waals surface area contributed by atoms with Gasteiger partial charge in [-0.05, 0) is 23.9 Å². The van der Waals surface area contributed by atoms with Crippen LogP contribution in [0, 0.1) is 0 Å². The summed E-state index contributed by atoms with van der Waals surface area (Å²) in [5.74, 6) is -0.198. The van der Waals surface area contributed by atoms with Gasteiger partial charge in [-0.2, -0.15) is 0 Å². The lowest BCUT2D eigenvalue weighted by Gasteiger charge is -1.91. The summed E-state index contributed by atoms with van der Waals surface area (Å²) in [6.45, 7) is 0. The number of aromatic hydroxyl groups is 2. The Morgan fingerprint density at radius 2 is 2.06 bits per heavy atom. The predicted octanol–water partition coefficient (Wildman–Crippen LogP) is 2.72. The molecule has 0 aliphatic rings. The molecule has 0 aliphatic heterocycles. The van der Waals surface area contributed by atoms with Crippen LogP contribution in [-0.2, 0) is 0 Å². The van der Waals surface area contributed by atoms with E-state index in [1.807, 2.05) is 24.3 Å². The fraction of sp³-hybridized carbons (Fsp3) is 0. The van der Waals surface area contributed by atoms with Crippen LogP contribution in [0.2, 0.25) is 0 Å². The number of aromatic amines is 1. The zero-order chi connectivity index (χ0) is 11.8. The largest absolute Gasteiger partial charge is 0.494 e. The number of nitrogens with one attached hydrogen (secondary N) is 1. The highest BCUT2D eigenvalue weighted by atomic mass is 32.2. The third kappa shape index (κ3) is 1.83. The van der Waals surface area contributed by atoms with Gasteiger partial charge in [0.15, 0.2) is 11.5 Å². The zero-order valence-electron chi connectivity index (χ0n) is 8.54. The number of benzene rings is 1. The van der Waals surface area contributed by atoms with E-state index in [0.29, 0.717) is 15.7 Å². The number of nitrogens with zero attached hydrogens (tertiary/aromatic N) is 1. The Hall–Kier alpha value is -2.08. The van der Waals surface area contributed by atoms with Gasteiger partial charge in [0, 0.05) is 6.07 Å². The van der Waals surface area contributed by atoms with Crippen LogP contribution in [0.4, 0.5) is 0 Å². The Morgan fingerprint density at radius 1 is 1.24 bits per heavy atom. The van der Waals surface area contributed by atoms with E-state index < -0.39 is 0 Å². The van der Waals surface area contributed by atoms with Gasteiger partial charge < -0.3 is 14.6 Å². The van der Waals surface area contributed by atoms with Crippen LogP contribution in [0.5, 0.6) is 11.8 Å². The Labute approximate surface area is 100 Å². The van der Waals surface area contributed by atoms with Crippen molar-refractivity contribution in [1.82, 2.24) is 9.97 Å². The van der Waals surface area contributed by atoms with E-state index in [0.717, 1.165) is 17.3 Å². The molecule has 0 spiro atoms. The molecular formula is C11H8N2O3S. The van der Waals surface area contributed by atoms with Crippen molar-refractivity contribution in [2.24, 2.45) is 0 Å². The molecule has 3 aromatic rings. The van der Waals surface area contributed by atoms with Gasteiger partial charge in [0.25, 0.3) is 5.22 Å². The first kappa shape index (κ1) is 10.1. The first-order valence-corrected chi connectivity index (χ1v) is 5.68. The van der Waals surface area contributed by atoms with E-state index in [1.165, 1.54) is 6.07 Å². The molecule has 3 rings (SSSR count).